The maximum Gasteiger partial charge on any atom is 0.242 e. The fourth-order valence-electron chi connectivity index (χ4n) is 1.99. The Morgan fingerprint density at radius 2 is 2.37 bits per heavy atom. The van der Waals surface area contributed by atoms with Crippen LogP contribution in [0.1, 0.15) is 19.0 Å². The second-order valence-corrected chi connectivity index (χ2v) is 6.49. The number of hydrogen-bond acceptors (Lipinski definition) is 4. The van der Waals surface area contributed by atoms with Crippen LogP contribution in [0.2, 0.25) is 0 Å². The van der Waals surface area contributed by atoms with E-state index < -0.39 is 10.0 Å². The van der Waals surface area contributed by atoms with Gasteiger partial charge in [-0.2, -0.15) is 0 Å². The largest absolute Gasteiger partial charge is 0.381 e. The lowest BCUT2D eigenvalue weighted by Crippen LogP contribution is -2.29. The SMILES string of the molecule is CCNCc1cc(S(=O)(=O)NCC2CCOC2)c[nH]1. The summed E-state index contributed by atoms with van der Waals surface area (Å²) in [4.78, 5) is 3.26. The Bertz CT molecular complexity index is 492. The lowest BCUT2D eigenvalue weighted by molar-refractivity contribution is 0.186. The molecule has 0 aliphatic carbocycles. The molecule has 1 aliphatic heterocycles. The Morgan fingerprint density at radius 1 is 1.53 bits per heavy atom. The van der Waals surface area contributed by atoms with Crippen molar-refractivity contribution < 1.29 is 13.2 Å². The summed E-state index contributed by atoms with van der Waals surface area (Å²) in [5.74, 6) is 0.287. The van der Waals surface area contributed by atoms with Gasteiger partial charge in [-0.15, -0.1) is 0 Å². The van der Waals surface area contributed by atoms with E-state index >= 15 is 0 Å². The van der Waals surface area contributed by atoms with Crippen molar-refractivity contribution in [1.29, 1.82) is 0 Å². The van der Waals surface area contributed by atoms with E-state index in [4.69, 9.17) is 4.74 Å². The number of rotatable bonds is 7. The van der Waals surface area contributed by atoms with E-state index in [0.29, 0.717) is 24.6 Å². The molecule has 1 aromatic rings. The van der Waals surface area contributed by atoms with Crippen molar-refractivity contribution in [3.8, 4) is 0 Å². The van der Waals surface area contributed by atoms with Gasteiger partial charge in [0.1, 0.15) is 0 Å². The fraction of sp³-hybridized carbons (Fsp3) is 0.667. The average Bonchev–Trinajstić information content (AvgIpc) is 3.05. The van der Waals surface area contributed by atoms with Gasteiger partial charge in [-0.25, -0.2) is 13.1 Å². The minimum Gasteiger partial charge on any atom is -0.381 e. The highest BCUT2D eigenvalue weighted by Gasteiger charge is 2.20. The van der Waals surface area contributed by atoms with Crippen LogP contribution in [0.5, 0.6) is 0 Å². The summed E-state index contributed by atoms with van der Waals surface area (Å²) in [5.41, 5.74) is 0.867. The van der Waals surface area contributed by atoms with Crippen LogP contribution in [0.3, 0.4) is 0 Å². The molecule has 3 N–H and O–H groups in total. The van der Waals surface area contributed by atoms with Crippen LogP contribution in [0.15, 0.2) is 17.2 Å². The number of hydrogen-bond donors (Lipinski definition) is 3. The van der Waals surface area contributed by atoms with Crippen LogP contribution in [0.25, 0.3) is 0 Å². The Labute approximate surface area is 114 Å². The smallest absolute Gasteiger partial charge is 0.242 e. The van der Waals surface area contributed by atoms with Crippen LogP contribution in [-0.4, -0.2) is 39.7 Å². The van der Waals surface area contributed by atoms with Crippen molar-refractivity contribution in [3.05, 3.63) is 18.0 Å². The molecule has 1 atom stereocenters. The quantitative estimate of drug-likeness (QED) is 0.679. The molecule has 7 heteroatoms. The molecule has 0 radical (unpaired) electrons. The highest BCUT2D eigenvalue weighted by molar-refractivity contribution is 7.89. The second-order valence-electron chi connectivity index (χ2n) is 4.72. The summed E-state index contributed by atoms with van der Waals surface area (Å²) < 4.78 is 32.0. The molecule has 0 aromatic carbocycles. The third-order valence-corrected chi connectivity index (χ3v) is 4.58. The van der Waals surface area contributed by atoms with Crippen LogP contribution in [0.4, 0.5) is 0 Å². The molecule has 1 unspecified atom stereocenters. The van der Waals surface area contributed by atoms with Crippen molar-refractivity contribution in [2.45, 2.75) is 24.8 Å². The first kappa shape index (κ1) is 14.5. The fourth-order valence-corrected chi connectivity index (χ4v) is 3.12. The lowest BCUT2D eigenvalue weighted by atomic mass is 10.1. The van der Waals surface area contributed by atoms with Gasteiger partial charge in [-0.05, 0) is 24.9 Å². The number of sulfonamides is 1. The Kier molecular flexibility index (Phi) is 4.98. The highest BCUT2D eigenvalue weighted by Crippen LogP contribution is 2.14. The average molecular weight is 287 g/mol. The first-order valence-corrected chi connectivity index (χ1v) is 8.05. The van der Waals surface area contributed by atoms with Crippen LogP contribution in [-0.2, 0) is 21.3 Å². The van der Waals surface area contributed by atoms with Gasteiger partial charge in [0.15, 0.2) is 0 Å². The van der Waals surface area contributed by atoms with Crippen molar-refractivity contribution >= 4 is 10.0 Å². The maximum absolute atomic E-state index is 12.1. The predicted molar refractivity (Wildman–Crippen MR) is 72.3 cm³/mol. The molecule has 108 valence electrons. The highest BCUT2D eigenvalue weighted by atomic mass is 32.2. The molecule has 0 amide bonds. The zero-order valence-corrected chi connectivity index (χ0v) is 11.9. The van der Waals surface area contributed by atoms with Crippen LogP contribution >= 0.6 is 0 Å². The Hall–Kier alpha value is -0.890. The van der Waals surface area contributed by atoms with Gasteiger partial charge in [0.2, 0.25) is 10.0 Å². The summed E-state index contributed by atoms with van der Waals surface area (Å²) in [5, 5.41) is 3.14. The van der Waals surface area contributed by atoms with E-state index in [1.54, 1.807) is 6.07 Å². The van der Waals surface area contributed by atoms with Gasteiger partial charge in [-0.1, -0.05) is 6.92 Å². The van der Waals surface area contributed by atoms with E-state index in [1.165, 1.54) is 6.20 Å². The van der Waals surface area contributed by atoms with Gasteiger partial charge < -0.3 is 15.0 Å². The molecular formula is C12H21N3O3S. The molecular weight excluding hydrogens is 266 g/mol. The molecule has 1 fully saturated rings. The lowest BCUT2D eigenvalue weighted by Gasteiger charge is -2.08. The molecule has 1 aliphatic rings. The number of H-pyrrole nitrogens is 1. The summed E-state index contributed by atoms with van der Waals surface area (Å²) in [7, 11) is -3.42. The molecule has 6 nitrogen and oxygen atoms in total. The summed E-state index contributed by atoms with van der Waals surface area (Å²) >= 11 is 0. The normalized spacial score (nSPS) is 19.9. The third-order valence-electron chi connectivity index (χ3n) is 3.18. The summed E-state index contributed by atoms with van der Waals surface area (Å²) in [6.45, 7) is 5.30. The minimum absolute atomic E-state index is 0.287. The van der Waals surface area contributed by atoms with Gasteiger partial charge in [-0.3, -0.25) is 0 Å². The molecule has 0 saturated carbocycles. The topological polar surface area (TPSA) is 83.2 Å². The van der Waals surface area contributed by atoms with Crippen LogP contribution in [0, 0.1) is 5.92 Å². The van der Waals surface area contributed by atoms with Crippen molar-refractivity contribution in [2.24, 2.45) is 5.92 Å². The first-order chi connectivity index (χ1) is 9.12. The predicted octanol–water partition coefficient (Wildman–Crippen LogP) is 0.439. The molecule has 0 bridgehead atoms. The second kappa shape index (κ2) is 6.51. The van der Waals surface area contributed by atoms with Gasteiger partial charge in [0, 0.05) is 31.6 Å². The summed E-state index contributed by atoms with van der Waals surface area (Å²) in [6, 6.07) is 1.66. The van der Waals surface area contributed by atoms with E-state index in [2.05, 4.69) is 15.0 Å². The van der Waals surface area contributed by atoms with Crippen LogP contribution < -0.4 is 10.0 Å². The van der Waals surface area contributed by atoms with Crippen molar-refractivity contribution in [3.63, 3.8) is 0 Å². The van der Waals surface area contributed by atoms with E-state index in [1.807, 2.05) is 6.92 Å². The van der Waals surface area contributed by atoms with E-state index in [0.717, 1.165) is 25.3 Å². The zero-order valence-electron chi connectivity index (χ0n) is 11.1. The molecule has 19 heavy (non-hydrogen) atoms. The first-order valence-electron chi connectivity index (χ1n) is 6.57. The van der Waals surface area contributed by atoms with Gasteiger partial charge >= 0.3 is 0 Å². The standard InChI is InChI=1S/C12H21N3O3S/c1-2-13-7-11-5-12(8-14-11)19(16,17)15-6-10-3-4-18-9-10/h5,8,10,13-15H,2-4,6-7,9H2,1H3. The molecule has 1 aromatic heterocycles. The number of ether oxygens (including phenoxy) is 1. The number of aromatic amines is 1. The number of nitrogens with one attached hydrogen (secondary N) is 3. The van der Waals surface area contributed by atoms with Crippen molar-refractivity contribution in [1.82, 2.24) is 15.0 Å². The maximum atomic E-state index is 12.1. The Morgan fingerprint density at radius 3 is 3.05 bits per heavy atom. The monoisotopic (exact) mass is 287 g/mol. The number of aromatic nitrogens is 1. The van der Waals surface area contributed by atoms with E-state index in [-0.39, 0.29) is 5.92 Å². The van der Waals surface area contributed by atoms with Crippen molar-refractivity contribution in [2.75, 3.05) is 26.3 Å². The molecule has 0 spiro atoms. The zero-order chi connectivity index (χ0) is 13.7. The molecule has 2 rings (SSSR count). The van der Waals surface area contributed by atoms with E-state index in [9.17, 15) is 8.42 Å². The Balaban J connectivity index is 1.92. The summed E-state index contributed by atoms with van der Waals surface area (Å²) in [6.07, 6.45) is 2.45. The van der Waals surface area contributed by atoms with Gasteiger partial charge in [0.05, 0.1) is 11.5 Å². The molecule has 2 heterocycles. The molecule has 1 saturated heterocycles. The van der Waals surface area contributed by atoms with Gasteiger partial charge in [0.25, 0.3) is 0 Å². The minimum atomic E-state index is -3.42. The third kappa shape index (κ3) is 4.04.